The van der Waals surface area contributed by atoms with Gasteiger partial charge >= 0.3 is 135 Å². The number of hydrogen-bond donors (Lipinski definition) is 0. The summed E-state index contributed by atoms with van der Waals surface area (Å²) in [6.45, 7) is 7.04. The van der Waals surface area contributed by atoms with Crippen molar-refractivity contribution in [3.63, 3.8) is 0 Å². The van der Waals surface area contributed by atoms with E-state index in [4.69, 9.17) is 0 Å². The van der Waals surface area contributed by atoms with E-state index in [1.165, 1.54) is 44.1 Å². The first kappa shape index (κ1) is 18.3. The summed E-state index contributed by atoms with van der Waals surface area (Å²) in [7, 11) is 0. The molecule has 2 heteroatoms. The summed E-state index contributed by atoms with van der Waals surface area (Å²) in [6, 6.07) is 2.26. The molecule has 0 aromatic carbocycles. The van der Waals surface area contributed by atoms with Crippen LogP contribution in [0.4, 0.5) is 0 Å². The first-order valence-corrected chi connectivity index (χ1v) is 17.1. The molecule has 0 bridgehead atoms. The Balaban J connectivity index is 2.80. The first-order chi connectivity index (χ1) is 9.76. The molecule has 0 N–H and O–H groups in total. The first-order valence-electron chi connectivity index (χ1n) is 8.47. The Morgan fingerprint density at radius 1 is 0.950 bits per heavy atom. The van der Waals surface area contributed by atoms with E-state index in [0.29, 0.717) is 0 Å². The second kappa shape index (κ2) is 10.9. The number of unbranched alkanes of at least 4 members (excludes halogenated alkanes) is 3. The third kappa shape index (κ3) is 6.80. The summed E-state index contributed by atoms with van der Waals surface area (Å²) in [5.41, 5.74) is 1.43. The fourth-order valence-corrected chi connectivity index (χ4v) is 17.7. The third-order valence-corrected chi connectivity index (χ3v) is 19.0. The van der Waals surface area contributed by atoms with Crippen molar-refractivity contribution in [2.75, 3.05) is 0 Å². The quantitative estimate of drug-likeness (QED) is 0.347. The van der Waals surface area contributed by atoms with Crippen molar-refractivity contribution < 1.29 is 0 Å². The summed E-state index contributed by atoms with van der Waals surface area (Å²) in [5, 5.41) is 4.48. The molecule has 0 atom stereocenters. The Morgan fingerprint density at radius 2 is 1.50 bits per heavy atom. The normalized spacial score (nSPS) is 12.3. The summed E-state index contributed by atoms with van der Waals surface area (Å²) < 4.78 is 7.49. The van der Waals surface area contributed by atoms with Crippen LogP contribution in [0.15, 0.2) is 20.9 Å². The van der Waals surface area contributed by atoms with Gasteiger partial charge in [0.2, 0.25) is 0 Å². The van der Waals surface area contributed by atoms with E-state index in [2.05, 4.69) is 47.8 Å². The molecule has 0 saturated heterocycles. The minimum absolute atomic E-state index is 1.36. The fraction of sp³-hybridized carbons (Fsp3) is 0.667. The van der Waals surface area contributed by atoms with Crippen LogP contribution in [0.3, 0.4) is 0 Å². The molecule has 0 amide bonds. The van der Waals surface area contributed by atoms with Crippen molar-refractivity contribution in [1.29, 1.82) is 0 Å². The summed E-state index contributed by atoms with van der Waals surface area (Å²) >= 11 is -0.214. The average molecular weight is 399 g/mol. The molecule has 114 valence electrons. The molecule has 20 heavy (non-hydrogen) atoms. The van der Waals surface area contributed by atoms with E-state index >= 15 is 0 Å². The van der Waals surface area contributed by atoms with Gasteiger partial charge in [0.1, 0.15) is 0 Å². The average Bonchev–Trinajstić information content (AvgIpc) is 2.99. The van der Waals surface area contributed by atoms with Crippen LogP contribution in [0.1, 0.15) is 64.9 Å². The predicted molar refractivity (Wildman–Crippen MR) is 98.3 cm³/mol. The molecule has 1 aromatic rings. The predicted octanol–water partition coefficient (Wildman–Crippen LogP) is 7.15. The molecular weight excluding hydrogens is 367 g/mol. The van der Waals surface area contributed by atoms with E-state index in [0.717, 1.165) is 0 Å². The van der Waals surface area contributed by atoms with Gasteiger partial charge in [-0.05, 0) is 0 Å². The zero-order valence-corrected chi connectivity index (χ0v) is 17.3. The molecule has 1 aromatic heterocycles. The van der Waals surface area contributed by atoms with Crippen LogP contribution in [0, 0.1) is 0 Å². The Kier molecular flexibility index (Phi) is 9.96. The van der Waals surface area contributed by atoms with Crippen LogP contribution in [-0.4, -0.2) is 18.4 Å². The molecule has 0 aliphatic heterocycles. The van der Waals surface area contributed by atoms with Crippen LogP contribution in [0.2, 0.25) is 13.3 Å². The van der Waals surface area contributed by atoms with E-state index in [1.54, 1.807) is 13.3 Å². The van der Waals surface area contributed by atoms with Crippen molar-refractivity contribution in [3.8, 4) is 0 Å². The van der Waals surface area contributed by atoms with Gasteiger partial charge in [0.15, 0.2) is 0 Å². The second-order valence-corrected chi connectivity index (χ2v) is 19.9. The van der Waals surface area contributed by atoms with Gasteiger partial charge in [0.05, 0.1) is 0 Å². The molecule has 0 saturated carbocycles. The van der Waals surface area contributed by atoms with Crippen LogP contribution in [0.25, 0.3) is 6.08 Å². The maximum absolute atomic E-state index is 2.76. The monoisotopic (exact) mass is 400 g/mol. The van der Waals surface area contributed by atoms with Crippen LogP contribution in [0.5, 0.6) is 0 Å². The van der Waals surface area contributed by atoms with E-state index < -0.39 is 18.4 Å². The fourth-order valence-electron chi connectivity index (χ4n) is 2.85. The molecule has 0 aliphatic carbocycles. The zero-order valence-electron chi connectivity index (χ0n) is 13.7. The van der Waals surface area contributed by atoms with Gasteiger partial charge in [-0.25, -0.2) is 0 Å². The van der Waals surface area contributed by atoms with Crippen molar-refractivity contribution in [2.24, 2.45) is 0 Å². The molecule has 1 rings (SSSR count). The number of thiophene rings is 1. The van der Waals surface area contributed by atoms with E-state index in [9.17, 15) is 0 Å². The van der Waals surface area contributed by atoms with Crippen molar-refractivity contribution >= 4 is 35.8 Å². The standard InChI is InChI=1S/C6H5S.3C4H9.Sn/c1-2-6-3-4-7-5-6;3*1-3-4-2;/h1-5H;3*1,3-4H2,2H3;. The minimum atomic E-state index is -2.03. The number of hydrogen-bond acceptors (Lipinski definition) is 1. The summed E-state index contributed by atoms with van der Waals surface area (Å²) in [5.74, 6) is 0. The molecule has 0 spiro atoms. The Labute approximate surface area is 134 Å². The van der Waals surface area contributed by atoms with Gasteiger partial charge in [-0.2, -0.15) is 0 Å². The number of rotatable bonds is 11. The van der Waals surface area contributed by atoms with Gasteiger partial charge in [0, 0.05) is 0 Å². The molecule has 0 radical (unpaired) electrons. The molecule has 0 fully saturated rings. The Bertz CT molecular complexity index is 332. The van der Waals surface area contributed by atoms with E-state index in [1.807, 2.05) is 11.3 Å². The van der Waals surface area contributed by atoms with Crippen molar-refractivity contribution in [1.82, 2.24) is 0 Å². The van der Waals surface area contributed by atoms with Crippen molar-refractivity contribution in [2.45, 2.75) is 72.6 Å². The molecular formula is C18H32SSn. The summed E-state index contributed by atoms with van der Waals surface area (Å²) in [4.78, 5) is 0. The Hall–Kier alpha value is 0.239. The third-order valence-electron chi connectivity index (χ3n) is 4.26. The van der Waals surface area contributed by atoms with Crippen LogP contribution < -0.4 is 0 Å². The van der Waals surface area contributed by atoms with Crippen LogP contribution >= 0.6 is 11.3 Å². The van der Waals surface area contributed by atoms with Gasteiger partial charge in [-0.3, -0.25) is 0 Å². The van der Waals surface area contributed by atoms with E-state index in [-0.39, 0.29) is 0 Å². The second-order valence-electron chi connectivity index (χ2n) is 6.06. The molecule has 0 nitrogen and oxygen atoms in total. The van der Waals surface area contributed by atoms with Gasteiger partial charge in [-0.1, -0.05) is 0 Å². The Morgan fingerprint density at radius 3 is 1.90 bits per heavy atom. The van der Waals surface area contributed by atoms with Crippen molar-refractivity contribution in [3.05, 3.63) is 26.5 Å². The maximum atomic E-state index is 2.76. The molecule has 0 aliphatic rings. The topological polar surface area (TPSA) is 0 Å². The van der Waals surface area contributed by atoms with Crippen LogP contribution in [-0.2, 0) is 0 Å². The SMILES string of the molecule is CCC[CH2][Sn](/[CH]=C/c1ccsc1)([CH2]CCC)[CH2]CCC. The van der Waals surface area contributed by atoms with Gasteiger partial charge in [0.25, 0.3) is 0 Å². The van der Waals surface area contributed by atoms with Gasteiger partial charge < -0.3 is 0 Å². The summed E-state index contributed by atoms with van der Waals surface area (Å²) in [6.07, 6.45) is 10.9. The van der Waals surface area contributed by atoms with Gasteiger partial charge in [-0.15, -0.1) is 0 Å². The zero-order chi connectivity index (χ0) is 14.7. The molecule has 1 heterocycles. The molecule has 0 unspecified atom stereocenters.